The summed E-state index contributed by atoms with van der Waals surface area (Å²) in [6.07, 6.45) is 4.35. The van der Waals surface area contributed by atoms with Crippen LogP contribution in [-0.4, -0.2) is 19.9 Å². The number of hydrogen-bond donors (Lipinski definition) is 0. The first kappa shape index (κ1) is 25.6. The molecule has 4 rings (SSSR count). The lowest BCUT2D eigenvalue weighted by molar-refractivity contribution is 0.353. The fourth-order valence-corrected chi connectivity index (χ4v) is 12.1. The van der Waals surface area contributed by atoms with E-state index in [9.17, 15) is 0 Å². The van der Waals surface area contributed by atoms with Gasteiger partial charge in [0.1, 0.15) is 20.4 Å². The Morgan fingerprint density at radius 3 is 2.32 bits per heavy atom. The molecule has 1 atom stereocenters. The molecule has 0 amide bonds. The van der Waals surface area contributed by atoms with Crippen molar-refractivity contribution in [3.05, 3.63) is 68.3 Å². The van der Waals surface area contributed by atoms with Gasteiger partial charge in [0.2, 0.25) is 0 Å². The SMILES string of the molecule is C=CCOc1c(C(C)(C)C)cc(C(C)(C)C)cc1[Si](C)(C)C1=C2SC(C)C=C2c2cc(C)sc21. The molecular weight excluding hydrogens is 469 g/mol. The summed E-state index contributed by atoms with van der Waals surface area (Å²) >= 11 is 4.02. The van der Waals surface area contributed by atoms with Crippen LogP contribution in [0.1, 0.15) is 74.9 Å². The molecule has 0 spiro atoms. The van der Waals surface area contributed by atoms with Crippen LogP contribution in [0.5, 0.6) is 5.75 Å². The maximum Gasteiger partial charge on any atom is 0.123 e. The number of thiophene rings is 1. The Bertz CT molecular complexity index is 1210. The third-order valence-electron chi connectivity index (χ3n) is 6.96. The van der Waals surface area contributed by atoms with Crippen molar-refractivity contribution in [3.63, 3.8) is 0 Å². The zero-order valence-corrected chi connectivity index (χ0v) is 25.2. The molecule has 1 aromatic heterocycles. The summed E-state index contributed by atoms with van der Waals surface area (Å²) < 4.78 is 6.56. The Balaban J connectivity index is 2.04. The maximum atomic E-state index is 6.56. The van der Waals surface area contributed by atoms with Gasteiger partial charge in [-0.15, -0.1) is 23.1 Å². The van der Waals surface area contributed by atoms with E-state index in [1.165, 1.54) is 42.1 Å². The third-order valence-corrected chi connectivity index (χ3v) is 13.0. The molecule has 1 nitrogen and oxygen atoms in total. The molecule has 1 aromatic carbocycles. The molecular formula is C30H40OS2Si. The van der Waals surface area contributed by atoms with Crippen molar-refractivity contribution in [1.29, 1.82) is 0 Å². The van der Waals surface area contributed by atoms with Crippen LogP contribution in [0.15, 0.2) is 41.8 Å². The van der Waals surface area contributed by atoms with E-state index >= 15 is 0 Å². The van der Waals surface area contributed by atoms with Gasteiger partial charge in [-0.25, -0.2) is 0 Å². The first-order valence-corrected chi connectivity index (χ1v) is 17.0. The highest BCUT2D eigenvalue weighted by Crippen LogP contribution is 2.57. The average molecular weight is 509 g/mol. The maximum absolute atomic E-state index is 6.56. The Labute approximate surface area is 216 Å². The topological polar surface area (TPSA) is 9.23 Å². The minimum absolute atomic E-state index is 0.0170. The van der Waals surface area contributed by atoms with Crippen molar-refractivity contribution in [2.45, 2.75) is 84.6 Å². The molecule has 2 heterocycles. The van der Waals surface area contributed by atoms with Crippen molar-refractivity contribution < 1.29 is 4.74 Å². The number of hydrogen-bond acceptors (Lipinski definition) is 3. The smallest absolute Gasteiger partial charge is 0.123 e. The lowest BCUT2D eigenvalue weighted by Gasteiger charge is -2.34. The van der Waals surface area contributed by atoms with Crippen LogP contribution in [0.2, 0.25) is 13.1 Å². The monoisotopic (exact) mass is 508 g/mol. The molecule has 1 aliphatic heterocycles. The van der Waals surface area contributed by atoms with Crippen molar-refractivity contribution in [2.75, 3.05) is 6.61 Å². The zero-order valence-electron chi connectivity index (χ0n) is 22.6. The Morgan fingerprint density at radius 1 is 1.06 bits per heavy atom. The van der Waals surface area contributed by atoms with Crippen LogP contribution in [0.25, 0.3) is 10.8 Å². The number of thioether (sulfide) groups is 1. The molecule has 0 radical (unpaired) electrons. The summed E-state index contributed by atoms with van der Waals surface area (Å²) in [5, 5.41) is 3.56. The van der Waals surface area contributed by atoms with Crippen LogP contribution >= 0.6 is 23.1 Å². The second kappa shape index (κ2) is 8.57. The van der Waals surface area contributed by atoms with Gasteiger partial charge in [-0.2, -0.15) is 0 Å². The molecule has 2 aromatic rings. The second-order valence-electron chi connectivity index (χ2n) is 12.3. The number of allylic oxidation sites excluding steroid dienone is 1. The highest BCUT2D eigenvalue weighted by atomic mass is 32.2. The van der Waals surface area contributed by atoms with Gasteiger partial charge in [-0.1, -0.05) is 85.5 Å². The Morgan fingerprint density at radius 2 is 1.74 bits per heavy atom. The Kier molecular flexibility index (Phi) is 6.45. The van der Waals surface area contributed by atoms with E-state index in [0.717, 1.165) is 5.75 Å². The standard InChI is InChI=1S/C30H40OS2Si/c1-12-13-31-25-23(30(7,8)9)16-20(29(4,5)6)17-24(25)34(10,11)28-26-21(14-18(2)32-26)22-15-19(3)33-27(22)28/h12,14-18H,1,13H2,2-11H3. The molecule has 4 heteroatoms. The number of rotatable bonds is 5. The van der Waals surface area contributed by atoms with E-state index in [0.29, 0.717) is 11.9 Å². The van der Waals surface area contributed by atoms with E-state index in [4.69, 9.17) is 4.74 Å². The summed E-state index contributed by atoms with van der Waals surface area (Å²) in [5.74, 6) is 1.09. The van der Waals surface area contributed by atoms with Gasteiger partial charge < -0.3 is 4.74 Å². The predicted molar refractivity (Wildman–Crippen MR) is 158 cm³/mol. The first-order valence-electron chi connectivity index (χ1n) is 12.3. The van der Waals surface area contributed by atoms with Crippen molar-refractivity contribution >= 4 is 47.1 Å². The minimum Gasteiger partial charge on any atom is -0.489 e. The molecule has 0 fully saturated rings. The van der Waals surface area contributed by atoms with E-state index in [2.05, 4.69) is 99.3 Å². The average Bonchev–Trinajstić information content (AvgIpc) is 3.33. The molecule has 0 saturated carbocycles. The number of benzene rings is 1. The lowest BCUT2D eigenvalue weighted by atomic mass is 9.80. The van der Waals surface area contributed by atoms with Crippen molar-refractivity contribution in [1.82, 2.24) is 0 Å². The fourth-order valence-electron chi connectivity index (χ4n) is 5.09. The van der Waals surface area contributed by atoms with E-state index < -0.39 is 8.07 Å². The molecule has 0 N–H and O–H groups in total. The molecule has 1 unspecified atom stereocenters. The number of aryl methyl sites for hydroxylation is 1. The quantitative estimate of drug-likeness (QED) is 0.295. The summed E-state index contributed by atoms with van der Waals surface area (Å²) in [6, 6.07) is 7.29. The van der Waals surface area contributed by atoms with Gasteiger partial charge in [0, 0.05) is 25.5 Å². The van der Waals surface area contributed by atoms with Crippen LogP contribution in [-0.2, 0) is 10.8 Å². The van der Waals surface area contributed by atoms with Crippen molar-refractivity contribution in [3.8, 4) is 5.75 Å². The minimum atomic E-state index is -2.15. The first-order chi connectivity index (χ1) is 15.7. The van der Waals surface area contributed by atoms with Gasteiger partial charge in [0.15, 0.2) is 0 Å². The summed E-state index contributed by atoms with van der Waals surface area (Å²) in [5.41, 5.74) is 5.69. The van der Waals surface area contributed by atoms with Gasteiger partial charge in [-0.3, -0.25) is 0 Å². The molecule has 182 valence electrons. The van der Waals surface area contributed by atoms with Gasteiger partial charge >= 0.3 is 0 Å². The predicted octanol–water partition coefficient (Wildman–Crippen LogP) is 8.61. The van der Waals surface area contributed by atoms with Gasteiger partial charge in [0.05, 0.1) is 0 Å². The van der Waals surface area contributed by atoms with Crippen LogP contribution < -0.4 is 9.92 Å². The van der Waals surface area contributed by atoms with Crippen molar-refractivity contribution in [2.24, 2.45) is 0 Å². The lowest BCUT2D eigenvalue weighted by Crippen LogP contribution is -2.45. The van der Waals surface area contributed by atoms with Crippen LogP contribution in [0.3, 0.4) is 0 Å². The summed E-state index contributed by atoms with van der Waals surface area (Å²) in [7, 11) is -2.15. The molecule has 0 bridgehead atoms. The van der Waals surface area contributed by atoms with E-state index in [-0.39, 0.29) is 10.8 Å². The third kappa shape index (κ3) is 4.31. The number of fused-ring (bicyclic) bond motifs is 3. The molecule has 0 saturated heterocycles. The van der Waals surface area contributed by atoms with E-state index in [1.807, 2.05) is 29.2 Å². The largest absolute Gasteiger partial charge is 0.489 e. The second-order valence-corrected chi connectivity index (χ2v) is 19.3. The highest BCUT2D eigenvalue weighted by molar-refractivity contribution is 8.05. The fraction of sp³-hybridized carbons (Fsp3) is 0.467. The highest BCUT2D eigenvalue weighted by Gasteiger charge is 2.44. The zero-order chi connectivity index (χ0) is 25.2. The van der Waals surface area contributed by atoms with E-state index in [1.54, 1.807) is 5.20 Å². The normalized spacial score (nSPS) is 18.2. The molecule has 34 heavy (non-hydrogen) atoms. The molecule has 1 aliphatic carbocycles. The Hall–Kier alpha value is -1.49. The van der Waals surface area contributed by atoms with Crippen LogP contribution in [0, 0.1) is 6.92 Å². The van der Waals surface area contributed by atoms with Gasteiger partial charge in [0.25, 0.3) is 0 Å². The van der Waals surface area contributed by atoms with Gasteiger partial charge in [-0.05, 0) is 57.8 Å². The summed E-state index contributed by atoms with van der Waals surface area (Å²) in [4.78, 5) is 4.43. The molecule has 2 aliphatic rings. The van der Waals surface area contributed by atoms with Crippen LogP contribution in [0.4, 0.5) is 0 Å². The number of ether oxygens (including phenoxy) is 1. The summed E-state index contributed by atoms with van der Waals surface area (Å²) in [6.45, 7) is 28.0.